The topological polar surface area (TPSA) is 69.2 Å². The average molecular weight is 241 g/mol. The molecule has 0 amide bonds. The Morgan fingerprint density at radius 1 is 1.56 bits per heavy atom. The van der Waals surface area contributed by atoms with Gasteiger partial charge < -0.3 is 5.73 Å². The second kappa shape index (κ2) is 4.39. The highest BCUT2D eigenvalue weighted by Gasteiger charge is 2.27. The highest BCUT2D eigenvalue weighted by Crippen LogP contribution is 2.39. The van der Waals surface area contributed by atoms with Crippen LogP contribution < -0.4 is 5.73 Å². The second-order valence-corrected chi connectivity index (χ2v) is 4.68. The Balaban J connectivity index is 2.27. The lowest BCUT2D eigenvalue weighted by molar-refractivity contribution is -0.385. The first kappa shape index (κ1) is 11.4. The zero-order chi connectivity index (χ0) is 11.7. The van der Waals surface area contributed by atoms with E-state index in [1.807, 2.05) is 0 Å². The second-order valence-electron chi connectivity index (χ2n) is 4.25. The van der Waals surface area contributed by atoms with Crippen molar-refractivity contribution in [1.29, 1.82) is 0 Å². The van der Waals surface area contributed by atoms with E-state index in [2.05, 4.69) is 0 Å². The van der Waals surface area contributed by atoms with Crippen LogP contribution in [0.3, 0.4) is 0 Å². The minimum absolute atomic E-state index is 0.0672. The van der Waals surface area contributed by atoms with Gasteiger partial charge in [-0.15, -0.1) is 0 Å². The van der Waals surface area contributed by atoms with Crippen LogP contribution in [-0.2, 0) is 0 Å². The molecule has 1 aliphatic rings. The molecule has 0 spiro atoms. The molecule has 1 fully saturated rings. The molecule has 0 saturated heterocycles. The predicted molar refractivity (Wildman–Crippen MR) is 62.4 cm³/mol. The molecular weight excluding hydrogens is 228 g/mol. The summed E-state index contributed by atoms with van der Waals surface area (Å²) in [4.78, 5) is 10.4. The summed E-state index contributed by atoms with van der Waals surface area (Å²) in [7, 11) is 0. The Kier molecular flexibility index (Phi) is 3.12. The Morgan fingerprint density at radius 3 is 2.81 bits per heavy atom. The van der Waals surface area contributed by atoms with Crippen molar-refractivity contribution in [2.24, 2.45) is 11.7 Å². The summed E-state index contributed by atoms with van der Waals surface area (Å²) in [6.45, 7) is 0. The third kappa shape index (κ3) is 2.51. The normalized spacial score (nSPS) is 17.1. The molecule has 1 aromatic rings. The van der Waals surface area contributed by atoms with Crippen LogP contribution in [0.1, 0.15) is 30.9 Å². The molecule has 1 atom stereocenters. The zero-order valence-electron chi connectivity index (χ0n) is 8.73. The molecule has 5 heteroatoms. The quantitative estimate of drug-likeness (QED) is 0.650. The molecule has 2 N–H and O–H groups in total. The third-order valence-corrected chi connectivity index (χ3v) is 3.11. The number of benzene rings is 1. The molecular formula is C11H13ClN2O2. The molecule has 0 heterocycles. The minimum Gasteiger partial charge on any atom is -0.324 e. The van der Waals surface area contributed by atoms with Gasteiger partial charge in [0.25, 0.3) is 5.69 Å². The van der Waals surface area contributed by atoms with E-state index in [0.29, 0.717) is 16.5 Å². The van der Waals surface area contributed by atoms with E-state index in [0.717, 1.165) is 6.42 Å². The largest absolute Gasteiger partial charge is 0.324 e. The molecule has 4 nitrogen and oxygen atoms in total. The Morgan fingerprint density at radius 2 is 2.25 bits per heavy atom. The van der Waals surface area contributed by atoms with Crippen LogP contribution in [0.2, 0.25) is 5.02 Å². The summed E-state index contributed by atoms with van der Waals surface area (Å²) >= 11 is 5.84. The van der Waals surface area contributed by atoms with Gasteiger partial charge in [0, 0.05) is 22.7 Å². The van der Waals surface area contributed by atoms with Gasteiger partial charge in [0.2, 0.25) is 0 Å². The van der Waals surface area contributed by atoms with Gasteiger partial charge >= 0.3 is 0 Å². The number of nitro groups is 1. The van der Waals surface area contributed by atoms with Gasteiger partial charge in [0.05, 0.1) is 4.92 Å². The molecule has 0 radical (unpaired) electrons. The zero-order valence-corrected chi connectivity index (χ0v) is 9.48. The highest BCUT2D eigenvalue weighted by atomic mass is 35.5. The Bertz CT molecular complexity index is 418. The fourth-order valence-electron chi connectivity index (χ4n) is 1.83. The molecule has 0 aromatic heterocycles. The highest BCUT2D eigenvalue weighted by molar-refractivity contribution is 6.30. The smallest absolute Gasteiger partial charge is 0.274 e. The maximum atomic E-state index is 10.8. The van der Waals surface area contributed by atoms with Crippen LogP contribution in [-0.4, -0.2) is 4.92 Å². The molecule has 1 saturated carbocycles. The SMILES string of the molecule is N[C@H](CC1CC1)c1cc(Cl)ccc1[N+](=O)[O-]. The van der Waals surface area contributed by atoms with E-state index >= 15 is 0 Å². The van der Waals surface area contributed by atoms with Gasteiger partial charge in [-0.2, -0.15) is 0 Å². The molecule has 86 valence electrons. The van der Waals surface area contributed by atoms with E-state index < -0.39 is 4.92 Å². The number of hydrogen-bond acceptors (Lipinski definition) is 3. The Labute approximate surface area is 98.5 Å². The number of nitrogens with two attached hydrogens (primary N) is 1. The van der Waals surface area contributed by atoms with Crippen molar-refractivity contribution < 1.29 is 4.92 Å². The van der Waals surface area contributed by atoms with Gasteiger partial charge in [-0.25, -0.2) is 0 Å². The van der Waals surface area contributed by atoms with Crippen LogP contribution in [0.15, 0.2) is 18.2 Å². The van der Waals surface area contributed by atoms with Crippen molar-refractivity contribution in [3.05, 3.63) is 38.9 Å². The molecule has 16 heavy (non-hydrogen) atoms. The lowest BCUT2D eigenvalue weighted by Crippen LogP contribution is -2.13. The van der Waals surface area contributed by atoms with Crippen LogP contribution in [0.25, 0.3) is 0 Å². The summed E-state index contributed by atoms with van der Waals surface area (Å²) < 4.78 is 0. The van der Waals surface area contributed by atoms with E-state index in [1.165, 1.54) is 25.0 Å². The lowest BCUT2D eigenvalue weighted by atomic mass is 10.0. The lowest BCUT2D eigenvalue weighted by Gasteiger charge is -2.11. The number of halogens is 1. The van der Waals surface area contributed by atoms with Gasteiger partial charge in [0.15, 0.2) is 0 Å². The fourth-order valence-corrected chi connectivity index (χ4v) is 2.01. The average Bonchev–Trinajstić information content (AvgIpc) is 3.01. The maximum Gasteiger partial charge on any atom is 0.274 e. The van der Waals surface area contributed by atoms with Gasteiger partial charge in [-0.05, 0) is 24.5 Å². The van der Waals surface area contributed by atoms with Crippen molar-refractivity contribution in [3.8, 4) is 0 Å². The molecule has 1 aromatic carbocycles. The van der Waals surface area contributed by atoms with Crippen LogP contribution in [0, 0.1) is 16.0 Å². The first-order chi connectivity index (χ1) is 7.58. The maximum absolute atomic E-state index is 10.8. The standard InChI is InChI=1S/C11H13ClN2O2/c12-8-3-4-11(14(15)16)9(6-8)10(13)5-7-1-2-7/h3-4,6-7,10H,1-2,5,13H2/t10-/m1/s1. The van der Waals surface area contributed by atoms with Gasteiger partial charge in [-0.1, -0.05) is 24.4 Å². The van der Waals surface area contributed by atoms with Crippen molar-refractivity contribution >= 4 is 17.3 Å². The summed E-state index contributed by atoms with van der Waals surface area (Å²) in [6.07, 6.45) is 3.17. The fraction of sp³-hybridized carbons (Fsp3) is 0.455. The van der Waals surface area contributed by atoms with E-state index in [4.69, 9.17) is 17.3 Å². The molecule has 1 aliphatic carbocycles. The van der Waals surface area contributed by atoms with Crippen LogP contribution >= 0.6 is 11.6 Å². The van der Waals surface area contributed by atoms with Crippen molar-refractivity contribution in [3.63, 3.8) is 0 Å². The Hall–Kier alpha value is -1.13. The van der Waals surface area contributed by atoms with Crippen LogP contribution in [0.5, 0.6) is 0 Å². The number of rotatable bonds is 4. The number of hydrogen-bond donors (Lipinski definition) is 1. The molecule has 2 rings (SSSR count). The first-order valence-electron chi connectivity index (χ1n) is 5.27. The third-order valence-electron chi connectivity index (χ3n) is 2.87. The van der Waals surface area contributed by atoms with Crippen molar-refractivity contribution in [2.45, 2.75) is 25.3 Å². The minimum atomic E-state index is -0.404. The summed E-state index contributed by atoms with van der Waals surface area (Å²) in [5.74, 6) is 0.633. The van der Waals surface area contributed by atoms with Gasteiger partial charge in [0.1, 0.15) is 0 Å². The van der Waals surface area contributed by atoms with Crippen molar-refractivity contribution in [2.75, 3.05) is 0 Å². The summed E-state index contributed by atoms with van der Waals surface area (Å²) in [6, 6.07) is 4.26. The molecule has 0 unspecified atom stereocenters. The monoisotopic (exact) mass is 240 g/mol. The first-order valence-corrected chi connectivity index (χ1v) is 5.65. The molecule has 0 bridgehead atoms. The summed E-state index contributed by atoms with van der Waals surface area (Å²) in [5.41, 5.74) is 6.59. The number of nitro benzene ring substituents is 1. The number of nitrogens with zero attached hydrogens (tertiary/aromatic N) is 1. The van der Waals surface area contributed by atoms with E-state index in [-0.39, 0.29) is 11.7 Å². The molecule has 0 aliphatic heterocycles. The van der Waals surface area contributed by atoms with Crippen molar-refractivity contribution in [1.82, 2.24) is 0 Å². The van der Waals surface area contributed by atoms with E-state index in [9.17, 15) is 10.1 Å². The van der Waals surface area contributed by atoms with E-state index in [1.54, 1.807) is 6.07 Å². The van der Waals surface area contributed by atoms with Crippen LogP contribution in [0.4, 0.5) is 5.69 Å². The van der Waals surface area contributed by atoms with Gasteiger partial charge in [-0.3, -0.25) is 10.1 Å². The summed E-state index contributed by atoms with van der Waals surface area (Å²) in [5, 5.41) is 11.3. The predicted octanol–water partition coefficient (Wildman–Crippen LogP) is 3.05.